The first-order valence-corrected chi connectivity index (χ1v) is 7.91. The molecule has 0 aromatic carbocycles. The van der Waals surface area contributed by atoms with Crippen LogP contribution in [0.15, 0.2) is 6.07 Å². The fourth-order valence-corrected chi connectivity index (χ4v) is 3.46. The summed E-state index contributed by atoms with van der Waals surface area (Å²) in [6, 6.07) is 2.33. The molecule has 6 heteroatoms. The fourth-order valence-electron chi connectivity index (χ4n) is 3.46. The van der Waals surface area contributed by atoms with Gasteiger partial charge in [0.05, 0.1) is 0 Å². The number of hydrogen-bond acceptors (Lipinski definition) is 6. The number of anilines is 2. The van der Waals surface area contributed by atoms with Crippen molar-refractivity contribution in [1.82, 2.24) is 14.9 Å². The number of rotatable bonds is 3. The lowest BCUT2D eigenvalue weighted by molar-refractivity contribution is 0.0210. The second-order valence-electron chi connectivity index (χ2n) is 6.16. The summed E-state index contributed by atoms with van der Waals surface area (Å²) in [5.41, 5.74) is 11.5. The van der Waals surface area contributed by atoms with Crippen LogP contribution in [-0.4, -0.2) is 47.2 Å². The Balaban J connectivity index is 1.51. The van der Waals surface area contributed by atoms with Crippen LogP contribution in [0.3, 0.4) is 0 Å². The van der Waals surface area contributed by atoms with Gasteiger partial charge in [0.25, 0.3) is 0 Å². The Labute approximate surface area is 125 Å². The van der Waals surface area contributed by atoms with E-state index in [9.17, 15) is 0 Å². The number of nitrogens with two attached hydrogens (primary N) is 2. The first-order valence-electron chi connectivity index (χ1n) is 7.91. The van der Waals surface area contributed by atoms with E-state index in [1.165, 1.54) is 38.8 Å². The zero-order valence-corrected chi connectivity index (χ0v) is 12.5. The number of piperidine rings is 1. The van der Waals surface area contributed by atoms with Crippen molar-refractivity contribution in [2.45, 2.75) is 38.1 Å². The van der Waals surface area contributed by atoms with E-state index in [0.29, 0.717) is 17.6 Å². The topological polar surface area (TPSA) is 90.3 Å². The first-order chi connectivity index (χ1) is 10.2. The molecule has 21 heavy (non-hydrogen) atoms. The molecule has 3 rings (SSSR count). The van der Waals surface area contributed by atoms with Crippen molar-refractivity contribution in [3.8, 4) is 0 Å². The molecular formula is C15H25N5O. The molecule has 0 unspecified atom stereocenters. The third kappa shape index (κ3) is 3.83. The second-order valence-corrected chi connectivity index (χ2v) is 6.16. The number of hydrogen-bond donors (Lipinski definition) is 2. The summed E-state index contributed by atoms with van der Waals surface area (Å²) < 4.78 is 5.45. The molecule has 4 N–H and O–H groups in total. The molecule has 0 saturated carbocycles. The molecule has 116 valence electrons. The molecule has 0 atom stereocenters. The predicted molar refractivity (Wildman–Crippen MR) is 82.7 cm³/mol. The Kier molecular flexibility index (Phi) is 4.55. The van der Waals surface area contributed by atoms with Gasteiger partial charge in [0.1, 0.15) is 17.5 Å². The number of nitrogens with zero attached hydrogens (tertiary/aromatic N) is 3. The van der Waals surface area contributed by atoms with Crippen molar-refractivity contribution in [3.05, 3.63) is 11.9 Å². The Hall–Kier alpha value is -1.40. The van der Waals surface area contributed by atoms with Crippen molar-refractivity contribution in [2.24, 2.45) is 5.92 Å². The molecular weight excluding hydrogens is 266 g/mol. The molecule has 0 amide bonds. The quantitative estimate of drug-likeness (QED) is 0.866. The molecule has 0 aliphatic carbocycles. The molecule has 0 radical (unpaired) electrons. The van der Waals surface area contributed by atoms with Gasteiger partial charge in [-0.05, 0) is 44.7 Å². The lowest BCUT2D eigenvalue weighted by Gasteiger charge is -2.39. The highest BCUT2D eigenvalue weighted by molar-refractivity contribution is 5.40. The van der Waals surface area contributed by atoms with E-state index in [0.717, 1.165) is 31.5 Å². The highest BCUT2D eigenvalue weighted by Gasteiger charge is 2.26. The number of likely N-dealkylation sites (tertiary alicyclic amines) is 1. The van der Waals surface area contributed by atoms with Crippen LogP contribution in [0, 0.1) is 5.92 Å². The molecule has 2 saturated heterocycles. The zero-order chi connectivity index (χ0) is 14.7. The maximum atomic E-state index is 5.73. The Bertz CT molecular complexity index is 447. The minimum atomic E-state index is 0.470. The van der Waals surface area contributed by atoms with Crippen LogP contribution in [0.2, 0.25) is 0 Å². The maximum absolute atomic E-state index is 5.73. The Morgan fingerprint density at radius 3 is 2.29 bits per heavy atom. The molecule has 1 aromatic rings. The number of nitrogen functional groups attached to an aromatic ring is 2. The number of aromatic nitrogens is 2. The Morgan fingerprint density at radius 1 is 1.05 bits per heavy atom. The molecule has 0 spiro atoms. The van der Waals surface area contributed by atoms with Crippen molar-refractivity contribution >= 4 is 11.6 Å². The predicted octanol–water partition coefficient (Wildman–Crippen LogP) is 1.07. The van der Waals surface area contributed by atoms with Crippen LogP contribution in [0.1, 0.15) is 31.5 Å². The van der Waals surface area contributed by atoms with Crippen molar-refractivity contribution in [1.29, 1.82) is 0 Å². The average Bonchev–Trinajstić information content (AvgIpc) is 2.48. The molecule has 2 aliphatic rings. The molecule has 3 heterocycles. The highest BCUT2D eigenvalue weighted by atomic mass is 16.5. The van der Waals surface area contributed by atoms with Gasteiger partial charge in [0, 0.05) is 31.7 Å². The van der Waals surface area contributed by atoms with E-state index in [2.05, 4.69) is 14.9 Å². The highest BCUT2D eigenvalue weighted by Crippen LogP contribution is 2.25. The summed E-state index contributed by atoms with van der Waals surface area (Å²) >= 11 is 0. The van der Waals surface area contributed by atoms with Crippen LogP contribution in [0.25, 0.3) is 0 Å². The van der Waals surface area contributed by atoms with Gasteiger partial charge in [0.2, 0.25) is 0 Å². The van der Waals surface area contributed by atoms with Gasteiger partial charge in [-0.15, -0.1) is 0 Å². The molecule has 2 fully saturated rings. The van der Waals surface area contributed by atoms with Gasteiger partial charge in [-0.25, -0.2) is 9.97 Å². The number of ether oxygens (including phenoxy) is 1. The second kappa shape index (κ2) is 6.58. The van der Waals surface area contributed by atoms with E-state index < -0.39 is 0 Å². The average molecular weight is 291 g/mol. The van der Waals surface area contributed by atoms with Crippen LogP contribution in [0.5, 0.6) is 0 Å². The van der Waals surface area contributed by atoms with Gasteiger partial charge < -0.3 is 21.1 Å². The van der Waals surface area contributed by atoms with Gasteiger partial charge >= 0.3 is 0 Å². The smallest absolute Gasteiger partial charge is 0.133 e. The van der Waals surface area contributed by atoms with Crippen LogP contribution >= 0.6 is 0 Å². The van der Waals surface area contributed by atoms with E-state index in [1.807, 2.05) is 0 Å². The van der Waals surface area contributed by atoms with Crippen LogP contribution in [-0.2, 0) is 11.2 Å². The molecule has 2 aliphatic heterocycles. The third-order valence-electron chi connectivity index (χ3n) is 4.64. The summed E-state index contributed by atoms with van der Waals surface area (Å²) in [7, 11) is 0. The lowest BCUT2D eigenvalue weighted by atomic mass is 9.91. The molecule has 1 aromatic heterocycles. The summed E-state index contributed by atoms with van der Waals surface area (Å²) in [6.07, 6.45) is 5.65. The molecule has 6 nitrogen and oxygen atoms in total. The van der Waals surface area contributed by atoms with Gasteiger partial charge in [-0.3, -0.25) is 0 Å². The van der Waals surface area contributed by atoms with E-state index in [-0.39, 0.29) is 0 Å². The standard InChI is InChI=1S/C15H25N5O/c16-13-10-14(17)19-15(18-13)9-11-1-5-20(6-2-11)12-3-7-21-8-4-12/h10-12H,1-9H2,(H4,16,17,18,19). The van der Waals surface area contributed by atoms with Gasteiger partial charge in [0.15, 0.2) is 0 Å². The SMILES string of the molecule is Nc1cc(N)nc(CC2CCN(C3CCOCC3)CC2)n1. The summed E-state index contributed by atoms with van der Waals surface area (Å²) in [5, 5.41) is 0. The minimum absolute atomic E-state index is 0.470. The fraction of sp³-hybridized carbons (Fsp3) is 0.733. The van der Waals surface area contributed by atoms with Crippen LogP contribution < -0.4 is 11.5 Å². The van der Waals surface area contributed by atoms with Gasteiger partial charge in [-0.1, -0.05) is 0 Å². The van der Waals surface area contributed by atoms with Crippen molar-refractivity contribution < 1.29 is 4.74 Å². The first kappa shape index (κ1) is 14.5. The molecule has 0 bridgehead atoms. The monoisotopic (exact) mass is 291 g/mol. The lowest BCUT2D eigenvalue weighted by Crippen LogP contribution is -2.44. The summed E-state index contributed by atoms with van der Waals surface area (Å²) in [6.45, 7) is 4.18. The van der Waals surface area contributed by atoms with Crippen LogP contribution in [0.4, 0.5) is 11.6 Å². The Morgan fingerprint density at radius 2 is 1.67 bits per heavy atom. The normalized spacial score (nSPS) is 22.5. The summed E-state index contributed by atoms with van der Waals surface area (Å²) in [4.78, 5) is 11.2. The third-order valence-corrected chi connectivity index (χ3v) is 4.64. The van der Waals surface area contributed by atoms with Crippen molar-refractivity contribution in [2.75, 3.05) is 37.8 Å². The van der Waals surface area contributed by atoms with E-state index in [4.69, 9.17) is 16.2 Å². The van der Waals surface area contributed by atoms with E-state index >= 15 is 0 Å². The maximum Gasteiger partial charge on any atom is 0.133 e. The van der Waals surface area contributed by atoms with Gasteiger partial charge in [-0.2, -0.15) is 0 Å². The zero-order valence-electron chi connectivity index (χ0n) is 12.5. The minimum Gasteiger partial charge on any atom is -0.384 e. The largest absolute Gasteiger partial charge is 0.384 e. The van der Waals surface area contributed by atoms with E-state index in [1.54, 1.807) is 6.07 Å². The summed E-state index contributed by atoms with van der Waals surface area (Å²) in [5.74, 6) is 2.37. The van der Waals surface area contributed by atoms with Crippen molar-refractivity contribution in [3.63, 3.8) is 0 Å².